The summed E-state index contributed by atoms with van der Waals surface area (Å²) in [5.41, 5.74) is 10.1. The second kappa shape index (κ2) is 7.16. The van der Waals surface area contributed by atoms with Gasteiger partial charge in [-0.2, -0.15) is 11.3 Å². The quantitative estimate of drug-likeness (QED) is 0.517. The summed E-state index contributed by atoms with van der Waals surface area (Å²) in [5, 5.41) is 15.6. The van der Waals surface area contributed by atoms with Crippen molar-refractivity contribution in [1.82, 2.24) is 14.5 Å². The molecule has 0 unspecified atom stereocenters. The van der Waals surface area contributed by atoms with E-state index in [0.717, 1.165) is 33.4 Å². The summed E-state index contributed by atoms with van der Waals surface area (Å²) in [6.45, 7) is 4.54. The van der Waals surface area contributed by atoms with Crippen LogP contribution in [0.15, 0.2) is 35.0 Å². The molecule has 0 atom stereocenters. The van der Waals surface area contributed by atoms with Crippen molar-refractivity contribution >= 4 is 39.1 Å². The minimum absolute atomic E-state index is 0.401. The van der Waals surface area contributed by atoms with Crippen molar-refractivity contribution < 1.29 is 9.84 Å². The summed E-state index contributed by atoms with van der Waals surface area (Å²) < 4.78 is 7.29. The minimum atomic E-state index is -0.892. The highest BCUT2D eigenvalue weighted by Gasteiger charge is 2.22. The molecule has 0 saturated heterocycles. The third-order valence-electron chi connectivity index (χ3n) is 4.71. The molecule has 0 fully saturated rings. The molecule has 0 saturated carbocycles. The smallest absolute Gasteiger partial charge is 0.152 e. The molecule has 0 bridgehead atoms. The van der Waals surface area contributed by atoms with Crippen LogP contribution >= 0.6 is 11.3 Å². The number of thiophene rings is 1. The van der Waals surface area contributed by atoms with Crippen LogP contribution in [0, 0.1) is 0 Å². The van der Waals surface area contributed by atoms with Crippen molar-refractivity contribution in [3.63, 3.8) is 0 Å². The standard InChI is InChI=1S/C21H24N4O2S/c1-21(2,26)12-25-17(6-8-27-3)24-18-19(25)15-5-4-13(14-7-9-28-11-14)10-16(15)23-20(18)22/h4-5,7,9-11,26H,6,8,12H2,1-3H3,(H2,22,23). The topological polar surface area (TPSA) is 86.2 Å². The van der Waals surface area contributed by atoms with Crippen molar-refractivity contribution in [3.05, 3.63) is 40.8 Å². The van der Waals surface area contributed by atoms with Crippen LogP contribution in [0.5, 0.6) is 0 Å². The van der Waals surface area contributed by atoms with E-state index >= 15 is 0 Å². The number of rotatable bonds is 6. The van der Waals surface area contributed by atoms with Gasteiger partial charge in [-0.15, -0.1) is 0 Å². The largest absolute Gasteiger partial charge is 0.389 e. The van der Waals surface area contributed by atoms with E-state index < -0.39 is 5.60 Å². The monoisotopic (exact) mass is 396 g/mol. The number of pyridine rings is 1. The molecule has 146 valence electrons. The molecule has 0 aliphatic rings. The molecule has 3 N–H and O–H groups in total. The number of benzene rings is 1. The van der Waals surface area contributed by atoms with Gasteiger partial charge in [0.25, 0.3) is 0 Å². The molecule has 0 aliphatic heterocycles. The number of hydrogen-bond donors (Lipinski definition) is 2. The fourth-order valence-electron chi connectivity index (χ4n) is 3.51. The Kier molecular flexibility index (Phi) is 4.82. The zero-order valence-electron chi connectivity index (χ0n) is 16.3. The lowest BCUT2D eigenvalue weighted by molar-refractivity contribution is 0.0615. The fourth-order valence-corrected chi connectivity index (χ4v) is 4.17. The first-order valence-electron chi connectivity index (χ1n) is 9.19. The predicted molar refractivity (Wildman–Crippen MR) is 115 cm³/mol. The molecule has 0 radical (unpaired) electrons. The van der Waals surface area contributed by atoms with Gasteiger partial charge in [0.1, 0.15) is 11.3 Å². The number of ether oxygens (including phenoxy) is 1. The molecule has 1 aromatic carbocycles. The highest BCUT2D eigenvalue weighted by atomic mass is 32.1. The highest BCUT2D eigenvalue weighted by molar-refractivity contribution is 7.08. The molecule has 6 nitrogen and oxygen atoms in total. The van der Waals surface area contributed by atoms with Crippen LogP contribution in [-0.4, -0.2) is 39.0 Å². The number of nitrogen functional groups attached to an aromatic ring is 1. The van der Waals surface area contributed by atoms with Crippen LogP contribution in [0.3, 0.4) is 0 Å². The van der Waals surface area contributed by atoms with Crippen LogP contribution in [0.1, 0.15) is 19.7 Å². The molecule has 0 aliphatic carbocycles. The van der Waals surface area contributed by atoms with Gasteiger partial charge in [0.05, 0.1) is 29.8 Å². The molecular formula is C21H24N4O2S. The van der Waals surface area contributed by atoms with Gasteiger partial charge < -0.3 is 20.1 Å². The molecule has 4 aromatic rings. The van der Waals surface area contributed by atoms with Crippen molar-refractivity contribution in [2.75, 3.05) is 19.5 Å². The van der Waals surface area contributed by atoms with E-state index in [1.165, 1.54) is 0 Å². The molecule has 3 heterocycles. The van der Waals surface area contributed by atoms with Gasteiger partial charge in [0.15, 0.2) is 5.82 Å². The second-order valence-electron chi connectivity index (χ2n) is 7.61. The first-order valence-corrected chi connectivity index (χ1v) is 10.1. The molecule has 0 amide bonds. The Balaban J connectivity index is 1.97. The molecular weight excluding hydrogens is 372 g/mol. The van der Waals surface area contributed by atoms with Crippen molar-refractivity contribution in [2.24, 2.45) is 0 Å². The minimum Gasteiger partial charge on any atom is -0.389 e. The summed E-state index contributed by atoms with van der Waals surface area (Å²) in [6.07, 6.45) is 0.634. The Labute approximate surface area is 167 Å². The Morgan fingerprint density at radius 2 is 2.04 bits per heavy atom. The van der Waals surface area contributed by atoms with E-state index in [-0.39, 0.29) is 0 Å². The van der Waals surface area contributed by atoms with Gasteiger partial charge in [-0.3, -0.25) is 0 Å². The van der Waals surface area contributed by atoms with E-state index in [1.807, 2.05) is 0 Å². The van der Waals surface area contributed by atoms with Gasteiger partial charge in [-0.05, 0) is 47.9 Å². The number of aliphatic hydroxyl groups is 1. The summed E-state index contributed by atoms with van der Waals surface area (Å²) in [6, 6.07) is 8.32. The van der Waals surface area contributed by atoms with Gasteiger partial charge in [0, 0.05) is 18.9 Å². The second-order valence-corrected chi connectivity index (χ2v) is 8.39. The van der Waals surface area contributed by atoms with Gasteiger partial charge in [-0.1, -0.05) is 12.1 Å². The van der Waals surface area contributed by atoms with Crippen molar-refractivity contribution in [1.29, 1.82) is 0 Å². The number of imidazole rings is 1. The maximum absolute atomic E-state index is 10.5. The maximum Gasteiger partial charge on any atom is 0.152 e. The third-order valence-corrected chi connectivity index (χ3v) is 5.40. The Morgan fingerprint density at radius 1 is 1.21 bits per heavy atom. The highest BCUT2D eigenvalue weighted by Crippen LogP contribution is 2.33. The van der Waals surface area contributed by atoms with Crippen LogP contribution in [0.4, 0.5) is 5.82 Å². The number of fused-ring (bicyclic) bond motifs is 3. The van der Waals surface area contributed by atoms with E-state index in [0.29, 0.717) is 30.9 Å². The summed E-state index contributed by atoms with van der Waals surface area (Å²) in [5.74, 6) is 1.24. The lowest BCUT2D eigenvalue weighted by Gasteiger charge is -2.20. The Morgan fingerprint density at radius 3 is 2.71 bits per heavy atom. The number of hydrogen-bond acceptors (Lipinski definition) is 6. The maximum atomic E-state index is 10.5. The first-order chi connectivity index (χ1) is 13.4. The van der Waals surface area contributed by atoms with E-state index in [2.05, 4.69) is 44.6 Å². The fraction of sp³-hybridized carbons (Fsp3) is 0.333. The summed E-state index contributed by atoms with van der Waals surface area (Å²) in [4.78, 5) is 9.36. The van der Waals surface area contributed by atoms with Gasteiger partial charge in [0.2, 0.25) is 0 Å². The average molecular weight is 397 g/mol. The van der Waals surface area contributed by atoms with Gasteiger partial charge in [-0.25, -0.2) is 9.97 Å². The van der Waals surface area contributed by atoms with Crippen molar-refractivity contribution in [3.8, 4) is 11.1 Å². The van der Waals surface area contributed by atoms with Gasteiger partial charge >= 0.3 is 0 Å². The molecule has 4 rings (SSSR count). The van der Waals surface area contributed by atoms with Crippen molar-refractivity contribution in [2.45, 2.75) is 32.4 Å². The third kappa shape index (κ3) is 3.48. The summed E-state index contributed by atoms with van der Waals surface area (Å²) >= 11 is 1.67. The number of nitrogens with two attached hydrogens (primary N) is 1. The van der Waals surface area contributed by atoms with Crippen LogP contribution in [0.25, 0.3) is 33.1 Å². The number of methoxy groups -OCH3 is 1. The van der Waals surface area contributed by atoms with Crippen LogP contribution in [-0.2, 0) is 17.7 Å². The molecule has 3 aromatic heterocycles. The lowest BCUT2D eigenvalue weighted by Crippen LogP contribution is -2.27. The number of nitrogens with zero attached hydrogens (tertiary/aromatic N) is 3. The predicted octanol–water partition coefficient (Wildman–Crippen LogP) is 3.86. The Hall–Kier alpha value is -2.48. The normalized spacial score (nSPS) is 12.3. The molecule has 28 heavy (non-hydrogen) atoms. The van der Waals surface area contributed by atoms with E-state index in [9.17, 15) is 5.11 Å². The zero-order valence-corrected chi connectivity index (χ0v) is 17.1. The average Bonchev–Trinajstić information content (AvgIpc) is 3.27. The number of aromatic nitrogens is 3. The first kappa shape index (κ1) is 18.9. The van der Waals surface area contributed by atoms with Crippen LogP contribution in [0.2, 0.25) is 0 Å². The lowest BCUT2D eigenvalue weighted by atomic mass is 10.1. The molecule has 7 heteroatoms. The van der Waals surface area contributed by atoms with E-state index in [4.69, 9.17) is 15.5 Å². The molecule has 0 spiro atoms. The number of anilines is 1. The van der Waals surface area contributed by atoms with E-state index in [1.54, 1.807) is 32.3 Å². The zero-order chi connectivity index (χ0) is 19.9. The SMILES string of the molecule is COCCc1nc2c(N)nc3cc(-c4ccsc4)ccc3c2n1CC(C)(C)O. The van der Waals surface area contributed by atoms with Crippen LogP contribution < -0.4 is 5.73 Å². The Bertz CT molecular complexity index is 1130. The summed E-state index contributed by atoms with van der Waals surface area (Å²) in [7, 11) is 1.67.